The highest BCUT2D eigenvalue weighted by atomic mass is 32.1. The SMILES string of the molecule is COc1ccc(-c2c(C(=O)O)sc3ncc(C)n23)cc1N. The first-order valence-corrected chi connectivity index (χ1v) is 6.98. The molecule has 1 aromatic carbocycles. The van der Waals surface area contributed by atoms with Crippen LogP contribution < -0.4 is 10.5 Å². The summed E-state index contributed by atoms with van der Waals surface area (Å²) < 4.78 is 6.96. The Balaban J connectivity index is 2.32. The van der Waals surface area contributed by atoms with E-state index in [-0.39, 0.29) is 4.88 Å². The molecule has 0 radical (unpaired) electrons. The van der Waals surface area contributed by atoms with E-state index < -0.39 is 5.97 Å². The second kappa shape index (κ2) is 4.78. The van der Waals surface area contributed by atoms with E-state index in [0.717, 1.165) is 22.6 Å². The van der Waals surface area contributed by atoms with Gasteiger partial charge in [-0.3, -0.25) is 4.40 Å². The van der Waals surface area contributed by atoms with Crippen molar-refractivity contribution in [2.75, 3.05) is 12.8 Å². The number of aromatic nitrogens is 2. The number of aromatic carboxylic acids is 1. The van der Waals surface area contributed by atoms with Crippen molar-refractivity contribution in [1.82, 2.24) is 9.38 Å². The number of methoxy groups -OCH3 is 1. The molecule has 2 heterocycles. The summed E-state index contributed by atoms with van der Waals surface area (Å²) in [7, 11) is 1.54. The quantitative estimate of drug-likeness (QED) is 0.726. The number of nitrogens with two attached hydrogens (primary N) is 1. The van der Waals surface area contributed by atoms with Gasteiger partial charge < -0.3 is 15.6 Å². The number of nitrogens with zero attached hydrogens (tertiary/aromatic N) is 2. The molecule has 0 amide bonds. The third-order valence-electron chi connectivity index (χ3n) is 3.24. The minimum absolute atomic E-state index is 0.241. The van der Waals surface area contributed by atoms with Gasteiger partial charge >= 0.3 is 5.97 Å². The third-order valence-corrected chi connectivity index (χ3v) is 4.28. The molecule has 0 atom stereocenters. The van der Waals surface area contributed by atoms with E-state index in [0.29, 0.717) is 22.1 Å². The van der Waals surface area contributed by atoms with E-state index in [4.69, 9.17) is 10.5 Å². The van der Waals surface area contributed by atoms with Crippen molar-refractivity contribution < 1.29 is 14.6 Å². The Morgan fingerprint density at radius 2 is 2.24 bits per heavy atom. The summed E-state index contributed by atoms with van der Waals surface area (Å²) >= 11 is 1.14. The summed E-state index contributed by atoms with van der Waals surface area (Å²) in [5.41, 5.74) is 8.57. The minimum atomic E-state index is -0.978. The third kappa shape index (κ3) is 2.02. The van der Waals surface area contributed by atoms with Gasteiger partial charge in [-0.2, -0.15) is 0 Å². The number of carboxylic acids is 1. The molecular formula is C14H13N3O3S. The molecule has 0 spiro atoms. The van der Waals surface area contributed by atoms with Crippen LogP contribution in [0, 0.1) is 6.92 Å². The predicted molar refractivity (Wildman–Crippen MR) is 81.2 cm³/mol. The normalized spacial score (nSPS) is 11.0. The van der Waals surface area contributed by atoms with E-state index in [1.165, 1.54) is 7.11 Å². The Morgan fingerprint density at radius 1 is 1.48 bits per heavy atom. The number of carboxylic acid groups (broad SMARTS) is 1. The van der Waals surface area contributed by atoms with Gasteiger partial charge in [0.1, 0.15) is 10.6 Å². The fourth-order valence-corrected chi connectivity index (χ4v) is 3.29. The van der Waals surface area contributed by atoms with Gasteiger partial charge in [-0.1, -0.05) is 11.3 Å². The first kappa shape index (κ1) is 13.4. The van der Waals surface area contributed by atoms with Crippen LogP contribution in [0.3, 0.4) is 0 Å². The second-order valence-corrected chi connectivity index (χ2v) is 5.54. The van der Waals surface area contributed by atoms with Gasteiger partial charge in [0.2, 0.25) is 0 Å². The lowest BCUT2D eigenvalue weighted by atomic mass is 10.1. The molecule has 3 N–H and O–H groups in total. The van der Waals surface area contributed by atoms with Gasteiger partial charge in [-0.15, -0.1) is 0 Å². The van der Waals surface area contributed by atoms with Crippen LogP contribution in [0.4, 0.5) is 5.69 Å². The van der Waals surface area contributed by atoms with Gasteiger partial charge in [0.15, 0.2) is 4.96 Å². The van der Waals surface area contributed by atoms with E-state index >= 15 is 0 Å². The molecule has 0 aliphatic rings. The fraction of sp³-hybridized carbons (Fsp3) is 0.143. The van der Waals surface area contributed by atoms with Crippen molar-refractivity contribution in [2.45, 2.75) is 6.92 Å². The zero-order valence-corrected chi connectivity index (χ0v) is 12.3. The van der Waals surface area contributed by atoms with Gasteiger partial charge in [0.05, 0.1) is 18.5 Å². The molecule has 7 heteroatoms. The topological polar surface area (TPSA) is 89.8 Å². The van der Waals surface area contributed by atoms with Crippen LogP contribution in [-0.4, -0.2) is 27.6 Å². The smallest absolute Gasteiger partial charge is 0.348 e. The molecule has 0 bridgehead atoms. The Kier molecular flexibility index (Phi) is 3.06. The van der Waals surface area contributed by atoms with Gasteiger partial charge in [0.25, 0.3) is 0 Å². The first-order chi connectivity index (χ1) is 10.0. The van der Waals surface area contributed by atoms with E-state index in [1.54, 1.807) is 24.4 Å². The maximum atomic E-state index is 11.5. The van der Waals surface area contributed by atoms with E-state index in [2.05, 4.69) is 4.98 Å². The zero-order chi connectivity index (χ0) is 15.1. The van der Waals surface area contributed by atoms with Crippen molar-refractivity contribution in [3.05, 3.63) is 35.0 Å². The maximum Gasteiger partial charge on any atom is 0.348 e. The van der Waals surface area contributed by atoms with Crippen molar-refractivity contribution in [3.8, 4) is 17.0 Å². The van der Waals surface area contributed by atoms with Crippen molar-refractivity contribution >= 4 is 28.0 Å². The van der Waals surface area contributed by atoms with E-state index in [9.17, 15) is 9.90 Å². The van der Waals surface area contributed by atoms with Gasteiger partial charge in [-0.05, 0) is 25.1 Å². The monoisotopic (exact) mass is 303 g/mol. The summed E-state index contributed by atoms with van der Waals surface area (Å²) in [4.78, 5) is 16.6. The van der Waals surface area contributed by atoms with Crippen LogP contribution in [0.2, 0.25) is 0 Å². The standard InChI is InChI=1S/C14H13N3O3S/c1-7-6-16-14-17(7)11(12(21-14)13(18)19)8-3-4-10(20-2)9(15)5-8/h3-6H,15H2,1-2H3,(H,18,19). The summed E-state index contributed by atoms with van der Waals surface area (Å²) in [5.74, 6) is -0.418. The Bertz CT molecular complexity index is 851. The van der Waals surface area contributed by atoms with Crippen LogP contribution in [0.15, 0.2) is 24.4 Å². The number of nitrogen functional groups attached to an aromatic ring is 1. The Morgan fingerprint density at radius 3 is 2.86 bits per heavy atom. The summed E-state index contributed by atoms with van der Waals surface area (Å²) in [6.45, 7) is 1.88. The van der Waals surface area contributed by atoms with Crippen LogP contribution in [0.25, 0.3) is 16.2 Å². The molecule has 0 saturated carbocycles. The molecular weight excluding hydrogens is 290 g/mol. The molecule has 0 saturated heterocycles. The molecule has 108 valence electrons. The molecule has 21 heavy (non-hydrogen) atoms. The molecule has 6 nitrogen and oxygen atoms in total. The van der Waals surface area contributed by atoms with E-state index in [1.807, 2.05) is 11.3 Å². The molecule has 0 fully saturated rings. The number of thiazole rings is 1. The molecule has 3 rings (SSSR count). The number of hydrogen-bond acceptors (Lipinski definition) is 5. The zero-order valence-electron chi connectivity index (χ0n) is 11.5. The average Bonchev–Trinajstić information content (AvgIpc) is 2.99. The summed E-state index contributed by atoms with van der Waals surface area (Å²) in [6.07, 6.45) is 1.72. The average molecular weight is 303 g/mol. The minimum Gasteiger partial charge on any atom is -0.495 e. The number of fused-ring (bicyclic) bond motifs is 1. The van der Waals surface area contributed by atoms with Crippen LogP contribution >= 0.6 is 11.3 Å². The van der Waals surface area contributed by atoms with Crippen molar-refractivity contribution in [1.29, 1.82) is 0 Å². The lowest BCUT2D eigenvalue weighted by molar-refractivity contribution is 0.0702. The van der Waals surface area contributed by atoms with Crippen molar-refractivity contribution in [2.24, 2.45) is 0 Å². The highest BCUT2D eigenvalue weighted by molar-refractivity contribution is 7.19. The number of hydrogen-bond donors (Lipinski definition) is 2. The molecule has 2 aromatic heterocycles. The number of aryl methyl sites for hydroxylation is 1. The lowest BCUT2D eigenvalue weighted by Gasteiger charge is -2.08. The summed E-state index contributed by atoms with van der Waals surface area (Å²) in [5, 5.41) is 9.42. The van der Waals surface area contributed by atoms with Crippen LogP contribution in [-0.2, 0) is 0 Å². The first-order valence-electron chi connectivity index (χ1n) is 6.17. The molecule has 0 unspecified atom stereocenters. The summed E-state index contributed by atoms with van der Waals surface area (Å²) in [6, 6.07) is 5.24. The Labute approximate surface area is 124 Å². The second-order valence-electron chi connectivity index (χ2n) is 4.56. The number of benzene rings is 1. The largest absolute Gasteiger partial charge is 0.495 e. The van der Waals surface area contributed by atoms with Crippen molar-refractivity contribution in [3.63, 3.8) is 0 Å². The number of carbonyl (C=O) groups is 1. The van der Waals surface area contributed by atoms with Gasteiger partial charge in [0, 0.05) is 17.5 Å². The number of rotatable bonds is 3. The van der Waals surface area contributed by atoms with Crippen LogP contribution in [0.1, 0.15) is 15.4 Å². The molecule has 0 aliphatic carbocycles. The molecule has 3 aromatic rings. The predicted octanol–water partition coefficient (Wildman–Crippen LogP) is 2.66. The number of ether oxygens (including phenoxy) is 1. The Hall–Kier alpha value is -2.54. The highest BCUT2D eigenvalue weighted by Gasteiger charge is 2.22. The highest BCUT2D eigenvalue weighted by Crippen LogP contribution is 2.35. The maximum absolute atomic E-state index is 11.5. The van der Waals surface area contributed by atoms with Crippen LogP contribution in [0.5, 0.6) is 5.75 Å². The number of imidazole rings is 1. The van der Waals surface area contributed by atoms with Gasteiger partial charge in [-0.25, -0.2) is 9.78 Å². The molecule has 0 aliphatic heterocycles. The fourth-order valence-electron chi connectivity index (χ4n) is 2.29. The lowest BCUT2D eigenvalue weighted by Crippen LogP contribution is -2.00. The number of anilines is 1.